The van der Waals surface area contributed by atoms with E-state index in [-0.39, 0.29) is 16.9 Å². The van der Waals surface area contributed by atoms with Crippen LogP contribution in [0.15, 0.2) is 41.3 Å². The summed E-state index contributed by atoms with van der Waals surface area (Å²) >= 11 is 1.56. The van der Waals surface area contributed by atoms with Crippen molar-refractivity contribution < 1.29 is 22.3 Å². The number of aryl methyl sites for hydroxylation is 1. The number of methoxy groups -OCH3 is 1. The minimum Gasteiger partial charge on any atom is -0.469 e. The summed E-state index contributed by atoms with van der Waals surface area (Å²) < 4.78 is 46.4. The number of carbonyl (C=O) groups excluding carboxylic acids is 1. The van der Waals surface area contributed by atoms with Gasteiger partial charge in [-0.15, -0.1) is 11.3 Å². The van der Waals surface area contributed by atoms with Crippen molar-refractivity contribution >= 4 is 27.3 Å². The number of rotatable bonds is 13. The van der Waals surface area contributed by atoms with Gasteiger partial charge >= 0.3 is 5.97 Å². The molecule has 1 aromatic carbocycles. The Balaban J connectivity index is 2.11. The van der Waals surface area contributed by atoms with Gasteiger partial charge in [-0.2, -0.15) is 0 Å². The van der Waals surface area contributed by atoms with E-state index in [9.17, 15) is 17.6 Å². The molecule has 1 unspecified atom stereocenters. The van der Waals surface area contributed by atoms with Gasteiger partial charge in [0.2, 0.25) is 10.0 Å². The van der Waals surface area contributed by atoms with Gasteiger partial charge in [0.15, 0.2) is 0 Å². The van der Waals surface area contributed by atoms with Crippen molar-refractivity contribution in [2.75, 3.05) is 7.11 Å². The molecule has 2 aromatic rings. The van der Waals surface area contributed by atoms with Crippen LogP contribution in [0.2, 0.25) is 0 Å². The van der Waals surface area contributed by atoms with Gasteiger partial charge < -0.3 is 4.74 Å². The Kier molecular flexibility index (Phi) is 10.1. The summed E-state index contributed by atoms with van der Waals surface area (Å²) in [6, 6.07) is 8.46. The smallest absolute Gasteiger partial charge is 0.305 e. The van der Waals surface area contributed by atoms with Gasteiger partial charge in [-0.05, 0) is 61.6 Å². The van der Waals surface area contributed by atoms with E-state index in [0.717, 1.165) is 47.6 Å². The molecule has 5 nitrogen and oxygen atoms in total. The molecule has 0 aliphatic heterocycles. The summed E-state index contributed by atoms with van der Waals surface area (Å²) in [6.45, 7) is 4.35. The summed E-state index contributed by atoms with van der Waals surface area (Å²) in [7, 11) is -2.39. The number of hydrogen-bond acceptors (Lipinski definition) is 5. The molecule has 0 spiro atoms. The average Bonchev–Trinajstić information content (AvgIpc) is 3.19. The van der Waals surface area contributed by atoms with E-state index in [1.807, 2.05) is 12.1 Å². The monoisotopic (exact) mass is 469 g/mol. The van der Waals surface area contributed by atoms with Crippen molar-refractivity contribution in [2.45, 2.75) is 69.7 Å². The lowest BCUT2D eigenvalue weighted by Gasteiger charge is -2.18. The number of hydrogen-bond donors (Lipinski definition) is 1. The molecule has 0 aliphatic carbocycles. The molecule has 0 fully saturated rings. The number of thiophene rings is 1. The fourth-order valence-corrected chi connectivity index (χ4v) is 5.72. The van der Waals surface area contributed by atoms with Crippen LogP contribution in [0.3, 0.4) is 0 Å². The quantitative estimate of drug-likeness (QED) is 0.305. The predicted molar refractivity (Wildman–Crippen MR) is 122 cm³/mol. The SMILES string of the molecule is COC(=O)CCCc1ccc(C(CCCCC(C)C)NS(=O)(=O)c2ccc(F)cc2)s1. The van der Waals surface area contributed by atoms with Crippen molar-refractivity contribution in [1.82, 2.24) is 4.72 Å². The molecule has 172 valence electrons. The van der Waals surface area contributed by atoms with E-state index in [1.54, 1.807) is 11.3 Å². The zero-order chi connectivity index (χ0) is 22.9. The number of carbonyl (C=O) groups is 1. The molecule has 1 heterocycles. The predicted octanol–water partition coefficient (Wildman–Crippen LogP) is 5.62. The summed E-state index contributed by atoms with van der Waals surface area (Å²) in [4.78, 5) is 13.4. The molecule has 0 radical (unpaired) electrons. The number of nitrogens with one attached hydrogen (secondary N) is 1. The van der Waals surface area contributed by atoms with Gasteiger partial charge in [-0.1, -0.05) is 33.1 Å². The first-order chi connectivity index (χ1) is 14.7. The van der Waals surface area contributed by atoms with Crippen LogP contribution in [0, 0.1) is 11.7 Å². The first-order valence-corrected chi connectivity index (χ1v) is 12.9. The van der Waals surface area contributed by atoms with Gasteiger partial charge in [0.05, 0.1) is 18.0 Å². The number of sulfonamides is 1. The maximum atomic E-state index is 13.2. The van der Waals surface area contributed by atoms with Crippen LogP contribution in [0.25, 0.3) is 0 Å². The molecule has 0 saturated carbocycles. The van der Waals surface area contributed by atoms with Crippen LogP contribution in [0.4, 0.5) is 4.39 Å². The van der Waals surface area contributed by atoms with E-state index < -0.39 is 15.8 Å². The van der Waals surface area contributed by atoms with Crippen molar-refractivity contribution in [3.8, 4) is 0 Å². The largest absolute Gasteiger partial charge is 0.469 e. The number of unbranched alkanes of at least 4 members (excludes halogenated alkanes) is 1. The minimum atomic E-state index is -3.77. The molecule has 0 bridgehead atoms. The maximum absolute atomic E-state index is 13.2. The first kappa shape index (κ1) is 25.5. The van der Waals surface area contributed by atoms with Crippen molar-refractivity contribution in [2.24, 2.45) is 5.92 Å². The molecular weight excluding hydrogens is 437 g/mol. The molecular formula is C23H32FNO4S2. The van der Waals surface area contributed by atoms with Crippen LogP contribution in [-0.2, 0) is 26.0 Å². The highest BCUT2D eigenvalue weighted by atomic mass is 32.2. The molecule has 1 N–H and O–H groups in total. The number of esters is 1. The molecule has 1 aromatic heterocycles. The Bertz CT molecular complexity index is 923. The van der Waals surface area contributed by atoms with E-state index in [4.69, 9.17) is 0 Å². The molecule has 0 saturated heterocycles. The summed E-state index contributed by atoms with van der Waals surface area (Å²) in [6.07, 6.45) is 5.52. The van der Waals surface area contributed by atoms with Crippen molar-refractivity contribution in [1.29, 1.82) is 0 Å². The number of halogens is 1. The Labute approximate surface area is 189 Å². The molecule has 8 heteroatoms. The minimum absolute atomic E-state index is 0.0518. The van der Waals surface area contributed by atoms with Crippen LogP contribution in [0.5, 0.6) is 0 Å². The highest BCUT2D eigenvalue weighted by molar-refractivity contribution is 7.89. The first-order valence-electron chi connectivity index (χ1n) is 10.6. The zero-order valence-electron chi connectivity index (χ0n) is 18.4. The van der Waals surface area contributed by atoms with E-state index in [1.165, 1.54) is 19.2 Å². The fraction of sp³-hybridized carbons (Fsp3) is 0.522. The van der Waals surface area contributed by atoms with Crippen molar-refractivity contribution in [3.05, 3.63) is 52.0 Å². The van der Waals surface area contributed by atoms with Crippen LogP contribution in [-0.4, -0.2) is 21.5 Å². The second-order valence-corrected chi connectivity index (χ2v) is 11.0. The van der Waals surface area contributed by atoms with E-state index in [2.05, 4.69) is 23.3 Å². The highest BCUT2D eigenvalue weighted by Crippen LogP contribution is 2.30. The van der Waals surface area contributed by atoms with Crippen LogP contribution < -0.4 is 4.72 Å². The maximum Gasteiger partial charge on any atom is 0.305 e. The number of benzene rings is 1. The fourth-order valence-electron chi connectivity index (χ4n) is 3.25. The Morgan fingerprint density at radius 3 is 2.39 bits per heavy atom. The van der Waals surface area contributed by atoms with Gasteiger partial charge in [0.1, 0.15) is 5.82 Å². The third kappa shape index (κ3) is 8.71. The normalized spacial score (nSPS) is 12.8. The average molecular weight is 470 g/mol. The lowest BCUT2D eigenvalue weighted by Crippen LogP contribution is -2.28. The van der Waals surface area contributed by atoms with Gasteiger partial charge in [-0.3, -0.25) is 4.79 Å². The number of ether oxygens (including phenoxy) is 1. The molecule has 0 amide bonds. The second-order valence-electron chi connectivity index (χ2n) is 8.04. The van der Waals surface area contributed by atoms with E-state index >= 15 is 0 Å². The molecule has 1 atom stereocenters. The summed E-state index contributed by atoms with van der Waals surface area (Å²) in [5, 5.41) is 0. The third-order valence-corrected chi connectivity index (χ3v) is 7.75. The standard InChI is InChI=1S/C23H32FNO4S2/c1-17(2)7-4-5-9-21(25-31(27,28)20-14-11-18(24)12-15-20)22-16-13-19(30-22)8-6-10-23(26)29-3/h11-17,21,25H,4-10H2,1-3H3. The second kappa shape index (κ2) is 12.3. The van der Waals surface area contributed by atoms with Gasteiger partial charge in [-0.25, -0.2) is 17.5 Å². The molecule has 0 aliphatic rings. The van der Waals surface area contributed by atoms with Crippen LogP contribution in [0.1, 0.15) is 68.2 Å². The Morgan fingerprint density at radius 1 is 1.06 bits per heavy atom. The Morgan fingerprint density at radius 2 is 1.74 bits per heavy atom. The van der Waals surface area contributed by atoms with Gasteiger partial charge in [0, 0.05) is 16.2 Å². The zero-order valence-corrected chi connectivity index (χ0v) is 20.0. The van der Waals surface area contributed by atoms with Gasteiger partial charge in [0.25, 0.3) is 0 Å². The third-order valence-electron chi connectivity index (χ3n) is 5.00. The summed E-state index contributed by atoms with van der Waals surface area (Å²) in [5.41, 5.74) is 0. The molecule has 31 heavy (non-hydrogen) atoms. The Hall–Kier alpha value is -1.77. The lowest BCUT2D eigenvalue weighted by molar-refractivity contribution is -0.140. The lowest BCUT2D eigenvalue weighted by atomic mass is 10.0. The van der Waals surface area contributed by atoms with Crippen molar-refractivity contribution in [3.63, 3.8) is 0 Å². The highest BCUT2D eigenvalue weighted by Gasteiger charge is 2.23. The van der Waals surface area contributed by atoms with Crippen LogP contribution >= 0.6 is 11.3 Å². The molecule has 2 rings (SSSR count). The van der Waals surface area contributed by atoms with E-state index in [0.29, 0.717) is 25.2 Å². The topological polar surface area (TPSA) is 72.5 Å². The summed E-state index contributed by atoms with van der Waals surface area (Å²) in [5.74, 6) is -0.0941.